The van der Waals surface area contributed by atoms with E-state index in [4.69, 9.17) is 4.74 Å². The van der Waals surface area contributed by atoms with Gasteiger partial charge >= 0.3 is 5.97 Å². The van der Waals surface area contributed by atoms with Crippen molar-refractivity contribution >= 4 is 5.97 Å². The fourth-order valence-electron chi connectivity index (χ4n) is 1.42. The average molecular weight is 222 g/mol. The molecule has 0 saturated heterocycles. The first kappa shape index (κ1) is 11.0. The molecular formula is C12H14O4. The molecule has 0 amide bonds. The lowest BCUT2D eigenvalue weighted by atomic mass is 10.1. The van der Waals surface area contributed by atoms with E-state index < -0.39 is 12.1 Å². The average Bonchev–Trinajstić information content (AvgIpc) is 3.12. The molecule has 1 aliphatic carbocycles. The van der Waals surface area contributed by atoms with Crippen molar-refractivity contribution < 1.29 is 19.4 Å². The highest BCUT2D eigenvalue weighted by Gasteiger charge is 2.27. The second-order valence-electron chi connectivity index (χ2n) is 3.78. The molecule has 0 aliphatic heterocycles. The molecule has 4 heteroatoms. The third-order valence-electron chi connectivity index (χ3n) is 2.46. The zero-order valence-electron chi connectivity index (χ0n) is 9.05. The normalized spacial score (nSPS) is 16.6. The SMILES string of the molecule is COC(=O)C(O)c1ccccc1OC1CC1. The van der Waals surface area contributed by atoms with Crippen LogP contribution in [0.5, 0.6) is 5.75 Å². The highest BCUT2D eigenvalue weighted by molar-refractivity contribution is 5.77. The summed E-state index contributed by atoms with van der Waals surface area (Å²) in [5.74, 6) is -0.116. The van der Waals surface area contributed by atoms with Gasteiger partial charge in [-0.15, -0.1) is 0 Å². The third-order valence-corrected chi connectivity index (χ3v) is 2.46. The summed E-state index contributed by atoms with van der Waals surface area (Å²) in [6.45, 7) is 0. The summed E-state index contributed by atoms with van der Waals surface area (Å²) in [5.41, 5.74) is 0.459. The number of rotatable bonds is 4. The van der Waals surface area contributed by atoms with Crippen molar-refractivity contribution in [3.05, 3.63) is 29.8 Å². The van der Waals surface area contributed by atoms with E-state index in [1.807, 2.05) is 6.07 Å². The van der Waals surface area contributed by atoms with E-state index in [0.29, 0.717) is 11.3 Å². The number of aliphatic hydroxyl groups is 1. The molecule has 0 bridgehead atoms. The highest BCUT2D eigenvalue weighted by atomic mass is 16.5. The molecule has 1 aromatic carbocycles. The van der Waals surface area contributed by atoms with Gasteiger partial charge in [0.05, 0.1) is 13.2 Å². The van der Waals surface area contributed by atoms with E-state index in [1.165, 1.54) is 7.11 Å². The lowest BCUT2D eigenvalue weighted by molar-refractivity contribution is -0.150. The minimum Gasteiger partial charge on any atom is -0.490 e. The number of methoxy groups -OCH3 is 1. The van der Waals surface area contributed by atoms with E-state index in [0.717, 1.165) is 12.8 Å². The molecule has 1 N–H and O–H groups in total. The van der Waals surface area contributed by atoms with Gasteiger partial charge < -0.3 is 14.6 Å². The van der Waals surface area contributed by atoms with Crippen molar-refractivity contribution in [1.82, 2.24) is 0 Å². The fraction of sp³-hybridized carbons (Fsp3) is 0.417. The Morgan fingerprint density at radius 1 is 1.44 bits per heavy atom. The minimum absolute atomic E-state index is 0.228. The maximum absolute atomic E-state index is 11.2. The van der Waals surface area contributed by atoms with E-state index in [-0.39, 0.29) is 6.10 Å². The summed E-state index contributed by atoms with van der Waals surface area (Å²) in [6, 6.07) is 6.98. The van der Waals surface area contributed by atoms with Crippen molar-refractivity contribution in [3.63, 3.8) is 0 Å². The Labute approximate surface area is 93.8 Å². The molecule has 86 valence electrons. The predicted molar refractivity (Wildman–Crippen MR) is 57.1 cm³/mol. The Kier molecular flexibility index (Phi) is 3.10. The van der Waals surface area contributed by atoms with Gasteiger partial charge in [-0.25, -0.2) is 4.79 Å². The Bertz CT molecular complexity index is 384. The van der Waals surface area contributed by atoms with Crippen molar-refractivity contribution in [1.29, 1.82) is 0 Å². The van der Waals surface area contributed by atoms with Crippen LogP contribution >= 0.6 is 0 Å². The molecule has 1 fully saturated rings. The second kappa shape index (κ2) is 4.53. The summed E-state index contributed by atoms with van der Waals surface area (Å²) in [5, 5.41) is 9.75. The summed E-state index contributed by atoms with van der Waals surface area (Å²) in [7, 11) is 1.25. The molecule has 1 aromatic rings. The molecule has 0 spiro atoms. The molecule has 1 aliphatic rings. The van der Waals surface area contributed by atoms with Gasteiger partial charge in [0.2, 0.25) is 0 Å². The molecule has 16 heavy (non-hydrogen) atoms. The topological polar surface area (TPSA) is 55.8 Å². The Balaban J connectivity index is 2.20. The Morgan fingerprint density at radius 3 is 2.75 bits per heavy atom. The van der Waals surface area contributed by atoms with Crippen LogP contribution in [-0.4, -0.2) is 24.3 Å². The number of hydrogen-bond acceptors (Lipinski definition) is 4. The number of para-hydroxylation sites is 1. The van der Waals surface area contributed by atoms with Crippen LogP contribution in [0.15, 0.2) is 24.3 Å². The quantitative estimate of drug-likeness (QED) is 0.783. The van der Waals surface area contributed by atoms with Crippen molar-refractivity contribution in [2.24, 2.45) is 0 Å². The van der Waals surface area contributed by atoms with E-state index in [1.54, 1.807) is 18.2 Å². The smallest absolute Gasteiger partial charge is 0.339 e. The minimum atomic E-state index is -1.28. The van der Waals surface area contributed by atoms with Gasteiger partial charge in [-0.2, -0.15) is 0 Å². The second-order valence-corrected chi connectivity index (χ2v) is 3.78. The molecule has 0 heterocycles. The van der Waals surface area contributed by atoms with Crippen LogP contribution in [0.3, 0.4) is 0 Å². The number of hydrogen-bond donors (Lipinski definition) is 1. The van der Waals surface area contributed by atoms with Crippen LogP contribution in [0.1, 0.15) is 24.5 Å². The number of aliphatic hydroxyl groups excluding tert-OH is 1. The summed E-state index contributed by atoms with van der Waals surface area (Å²) < 4.78 is 10.1. The summed E-state index contributed by atoms with van der Waals surface area (Å²) in [4.78, 5) is 11.2. The van der Waals surface area contributed by atoms with Gasteiger partial charge in [-0.05, 0) is 18.9 Å². The predicted octanol–water partition coefficient (Wildman–Crippen LogP) is 1.43. The van der Waals surface area contributed by atoms with E-state index in [2.05, 4.69) is 4.74 Å². The number of carbonyl (C=O) groups is 1. The summed E-state index contributed by atoms with van der Waals surface area (Å²) >= 11 is 0. The number of ether oxygens (including phenoxy) is 2. The van der Waals surface area contributed by atoms with Gasteiger partial charge in [0.1, 0.15) is 5.75 Å². The van der Waals surface area contributed by atoms with Crippen molar-refractivity contribution in [2.45, 2.75) is 25.0 Å². The lowest BCUT2D eigenvalue weighted by Gasteiger charge is -2.14. The van der Waals surface area contributed by atoms with Gasteiger partial charge in [-0.1, -0.05) is 18.2 Å². The summed E-state index contributed by atoms with van der Waals surface area (Å²) in [6.07, 6.45) is 1.01. The molecule has 4 nitrogen and oxygen atoms in total. The standard InChI is InChI=1S/C12H14O4/c1-15-12(14)11(13)9-4-2-3-5-10(9)16-8-6-7-8/h2-5,8,11,13H,6-7H2,1H3. The Hall–Kier alpha value is -1.55. The van der Waals surface area contributed by atoms with Crippen LogP contribution in [0.4, 0.5) is 0 Å². The Morgan fingerprint density at radius 2 is 2.12 bits per heavy atom. The fourth-order valence-corrected chi connectivity index (χ4v) is 1.42. The zero-order chi connectivity index (χ0) is 11.5. The van der Waals surface area contributed by atoms with Crippen molar-refractivity contribution in [3.8, 4) is 5.75 Å². The molecule has 1 atom stereocenters. The lowest BCUT2D eigenvalue weighted by Crippen LogP contribution is -2.15. The number of carbonyl (C=O) groups excluding carboxylic acids is 1. The number of benzene rings is 1. The third kappa shape index (κ3) is 2.33. The molecule has 1 saturated carbocycles. The van der Waals surface area contributed by atoms with E-state index >= 15 is 0 Å². The van der Waals surface area contributed by atoms with Crippen LogP contribution < -0.4 is 4.74 Å². The van der Waals surface area contributed by atoms with Crippen molar-refractivity contribution in [2.75, 3.05) is 7.11 Å². The van der Waals surface area contributed by atoms with Gasteiger partial charge in [0, 0.05) is 5.56 Å². The maximum Gasteiger partial charge on any atom is 0.339 e. The molecule has 2 rings (SSSR count). The van der Waals surface area contributed by atoms with E-state index in [9.17, 15) is 9.90 Å². The first-order valence-corrected chi connectivity index (χ1v) is 5.24. The zero-order valence-corrected chi connectivity index (χ0v) is 9.05. The van der Waals surface area contributed by atoms with Crippen LogP contribution in [0, 0.1) is 0 Å². The monoisotopic (exact) mass is 222 g/mol. The largest absolute Gasteiger partial charge is 0.490 e. The van der Waals surface area contributed by atoms with Crippen LogP contribution in [0.25, 0.3) is 0 Å². The van der Waals surface area contributed by atoms with Crippen LogP contribution in [0.2, 0.25) is 0 Å². The molecular weight excluding hydrogens is 208 g/mol. The number of esters is 1. The first-order valence-electron chi connectivity index (χ1n) is 5.24. The van der Waals surface area contributed by atoms with Gasteiger partial charge in [0.25, 0.3) is 0 Å². The van der Waals surface area contributed by atoms with Gasteiger partial charge in [0.15, 0.2) is 6.10 Å². The van der Waals surface area contributed by atoms with Gasteiger partial charge in [-0.3, -0.25) is 0 Å². The maximum atomic E-state index is 11.2. The molecule has 0 radical (unpaired) electrons. The first-order chi connectivity index (χ1) is 7.72. The highest BCUT2D eigenvalue weighted by Crippen LogP contribution is 2.32. The van der Waals surface area contributed by atoms with Crippen LogP contribution in [-0.2, 0) is 9.53 Å². The molecule has 1 unspecified atom stereocenters. The molecule has 0 aromatic heterocycles.